The molecule has 3 nitrogen and oxygen atoms in total. The summed E-state index contributed by atoms with van der Waals surface area (Å²) in [5.41, 5.74) is 1.60. The monoisotopic (exact) mass is 289 g/mol. The van der Waals surface area contributed by atoms with E-state index in [-0.39, 0.29) is 11.8 Å². The first-order valence-corrected chi connectivity index (χ1v) is 5.68. The first-order chi connectivity index (χ1) is 7.54. The number of esters is 1. The molecular weight excluding hydrogens is 277 g/mol. The number of benzene rings is 1. The number of anilines is 1. The van der Waals surface area contributed by atoms with Gasteiger partial charge >= 0.3 is 5.97 Å². The van der Waals surface area contributed by atoms with E-state index in [0.29, 0.717) is 12.2 Å². The van der Waals surface area contributed by atoms with E-state index >= 15 is 0 Å². The average Bonchev–Trinajstić information content (AvgIpc) is 2.28. The van der Waals surface area contributed by atoms with Crippen LogP contribution in [0.3, 0.4) is 0 Å². The molecule has 1 N–H and O–H groups in total. The van der Waals surface area contributed by atoms with Crippen LogP contribution >= 0.6 is 15.9 Å². The summed E-state index contributed by atoms with van der Waals surface area (Å²) in [4.78, 5) is 10.7. The standard InChI is InChI=1S/C11H13BrFNO2/c1-7-3-4-8(13)5-10(7)14-6-9(12)11(15)16-2/h3-5,9,14H,6H2,1-2H3. The Kier molecular flexibility index (Phi) is 4.73. The second-order valence-electron chi connectivity index (χ2n) is 3.33. The van der Waals surface area contributed by atoms with Gasteiger partial charge in [0.15, 0.2) is 0 Å². The van der Waals surface area contributed by atoms with Gasteiger partial charge < -0.3 is 10.1 Å². The summed E-state index contributed by atoms with van der Waals surface area (Å²) in [6.45, 7) is 2.21. The third-order valence-electron chi connectivity index (χ3n) is 2.13. The van der Waals surface area contributed by atoms with Crippen molar-refractivity contribution in [1.29, 1.82) is 0 Å². The third-order valence-corrected chi connectivity index (χ3v) is 2.83. The quantitative estimate of drug-likeness (QED) is 0.684. The van der Waals surface area contributed by atoms with Gasteiger partial charge in [-0.15, -0.1) is 0 Å². The van der Waals surface area contributed by atoms with Crippen molar-refractivity contribution in [3.63, 3.8) is 0 Å². The number of halogens is 2. The fraction of sp³-hybridized carbons (Fsp3) is 0.364. The molecule has 1 aromatic rings. The number of rotatable bonds is 4. The zero-order valence-electron chi connectivity index (χ0n) is 9.09. The molecule has 88 valence electrons. The maximum absolute atomic E-state index is 13.0. The summed E-state index contributed by atoms with van der Waals surface area (Å²) < 4.78 is 17.5. The Labute approximate surface area is 102 Å². The molecule has 16 heavy (non-hydrogen) atoms. The fourth-order valence-corrected chi connectivity index (χ4v) is 1.54. The van der Waals surface area contributed by atoms with Crippen molar-refractivity contribution < 1.29 is 13.9 Å². The molecule has 0 aliphatic heterocycles. The van der Waals surface area contributed by atoms with E-state index in [1.165, 1.54) is 19.2 Å². The van der Waals surface area contributed by atoms with Gasteiger partial charge in [0.1, 0.15) is 10.6 Å². The predicted octanol–water partition coefficient (Wildman–Crippen LogP) is 2.48. The SMILES string of the molecule is COC(=O)C(Br)CNc1cc(F)ccc1C. The minimum Gasteiger partial charge on any atom is -0.468 e. The molecule has 0 spiro atoms. The fourth-order valence-electron chi connectivity index (χ4n) is 1.20. The number of aryl methyl sites for hydroxylation is 1. The molecule has 1 unspecified atom stereocenters. The molecule has 0 heterocycles. The molecule has 0 aliphatic rings. The lowest BCUT2D eigenvalue weighted by atomic mass is 10.2. The Morgan fingerprint density at radius 1 is 1.62 bits per heavy atom. The summed E-state index contributed by atoms with van der Waals surface area (Å²) in [6, 6.07) is 4.47. The van der Waals surface area contributed by atoms with Crippen molar-refractivity contribution in [3.05, 3.63) is 29.6 Å². The van der Waals surface area contributed by atoms with Gasteiger partial charge in [0.05, 0.1) is 7.11 Å². The van der Waals surface area contributed by atoms with E-state index in [0.717, 1.165) is 5.56 Å². The molecule has 0 saturated carbocycles. The number of hydrogen-bond acceptors (Lipinski definition) is 3. The molecule has 5 heteroatoms. The lowest BCUT2D eigenvalue weighted by Gasteiger charge is -2.12. The van der Waals surface area contributed by atoms with Gasteiger partial charge in [0, 0.05) is 12.2 Å². The molecule has 1 atom stereocenters. The molecule has 0 aliphatic carbocycles. The van der Waals surface area contributed by atoms with Crippen LogP contribution in [0.15, 0.2) is 18.2 Å². The molecular formula is C11H13BrFNO2. The Morgan fingerprint density at radius 2 is 2.31 bits per heavy atom. The van der Waals surface area contributed by atoms with Crippen LogP contribution < -0.4 is 5.32 Å². The maximum Gasteiger partial charge on any atom is 0.321 e. The lowest BCUT2D eigenvalue weighted by Crippen LogP contribution is -2.24. The molecule has 0 saturated heterocycles. The minimum atomic E-state index is -0.444. The van der Waals surface area contributed by atoms with Crippen molar-refractivity contribution in [3.8, 4) is 0 Å². The molecule has 0 radical (unpaired) electrons. The van der Waals surface area contributed by atoms with Crippen molar-refractivity contribution in [1.82, 2.24) is 0 Å². The highest BCUT2D eigenvalue weighted by Crippen LogP contribution is 2.16. The van der Waals surface area contributed by atoms with Crippen molar-refractivity contribution in [2.45, 2.75) is 11.8 Å². The molecule has 1 aromatic carbocycles. The van der Waals surface area contributed by atoms with Crippen LogP contribution in [0.25, 0.3) is 0 Å². The summed E-state index contributed by atoms with van der Waals surface area (Å²) in [6.07, 6.45) is 0. The topological polar surface area (TPSA) is 38.3 Å². The smallest absolute Gasteiger partial charge is 0.321 e. The molecule has 0 fully saturated rings. The summed E-state index contributed by atoms with van der Waals surface area (Å²) in [5, 5.41) is 2.98. The number of carbonyl (C=O) groups excluding carboxylic acids is 1. The number of hydrogen-bond donors (Lipinski definition) is 1. The van der Waals surface area contributed by atoms with Gasteiger partial charge in [0.25, 0.3) is 0 Å². The first-order valence-electron chi connectivity index (χ1n) is 4.76. The number of methoxy groups -OCH3 is 1. The number of nitrogens with one attached hydrogen (secondary N) is 1. The molecule has 0 bridgehead atoms. The maximum atomic E-state index is 13.0. The van der Waals surface area contributed by atoms with E-state index in [4.69, 9.17) is 0 Å². The van der Waals surface area contributed by atoms with Crippen molar-refractivity contribution in [2.75, 3.05) is 19.0 Å². The number of ether oxygens (including phenoxy) is 1. The Bertz CT molecular complexity index is 384. The van der Waals surface area contributed by atoms with E-state index < -0.39 is 4.83 Å². The van der Waals surface area contributed by atoms with Crippen LogP contribution in [0.1, 0.15) is 5.56 Å². The summed E-state index contributed by atoms with van der Waals surface area (Å²) in [5.74, 6) is -0.668. The first kappa shape index (κ1) is 13.0. The Balaban J connectivity index is 2.60. The van der Waals surface area contributed by atoms with Crippen LogP contribution in [0.4, 0.5) is 10.1 Å². The van der Waals surface area contributed by atoms with Crippen LogP contribution in [0, 0.1) is 12.7 Å². The molecule has 0 amide bonds. The highest BCUT2D eigenvalue weighted by molar-refractivity contribution is 9.10. The van der Waals surface area contributed by atoms with E-state index in [1.807, 2.05) is 6.92 Å². The molecule has 0 aromatic heterocycles. The van der Waals surface area contributed by atoms with Gasteiger partial charge in [0.2, 0.25) is 0 Å². The van der Waals surface area contributed by atoms with E-state index in [1.54, 1.807) is 6.07 Å². The average molecular weight is 290 g/mol. The van der Waals surface area contributed by atoms with Gasteiger partial charge in [-0.05, 0) is 24.6 Å². The highest BCUT2D eigenvalue weighted by atomic mass is 79.9. The lowest BCUT2D eigenvalue weighted by molar-refractivity contribution is -0.139. The van der Waals surface area contributed by atoms with Gasteiger partial charge in [-0.1, -0.05) is 22.0 Å². The predicted molar refractivity (Wildman–Crippen MR) is 64.4 cm³/mol. The minimum absolute atomic E-state index is 0.308. The van der Waals surface area contributed by atoms with Crippen LogP contribution in [0.2, 0.25) is 0 Å². The van der Waals surface area contributed by atoms with E-state index in [2.05, 4.69) is 26.0 Å². The Morgan fingerprint density at radius 3 is 2.94 bits per heavy atom. The summed E-state index contributed by atoms with van der Waals surface area (Å²) in [7, 11) is 1.32. The third kappa shape index (κ3) is 3.48. The van der Waals surface area contributed by atoms with Crippen molar-refractivity contribution >= 4 is 27.6 Å². The van der Waals surface area contributed by atoms with Gasteiger partial charge in [-0.3, -0.25) is 4.79 Å². The normalized spacial score (nSPS) is 12.0. The van der Waals surface area contributed by atoms with Crippen LogP contribution in [-0.4, -0.2) is 24.5 Å². The van der Waals surface area contributed by atoms with Gasteiger partial charge in [-0.2, -0.15) is 0 Å². The van der Waals surface area contributed by atoms with Crippen LogP contribution in [-0.2, 0) is 9.53 Å². The number of alkyl halides is 1. The van der Waals surface area contributed by atoms with Crippen molar-refractivity contribution in [2.24, 2.45) is 0 Å². The van der Waals surface area contributed by atoms with Crippen LogP contribution in [0.5, 0.6) is 0 Å². The highest BCUT2D eigenvalue weighted by Gasteiger charge is 2.14. The molecule has 1 rings (SSSR count). The second kappa shape index (κ2) is 5.84. The largest absolute Gasteiger partial charge is 0.468 e. The van der Waals surface area contributed by atoms with Gasteiger partial charge in [-0.25, -0.2) is 4.39 Å². The Hall–Kier alpha value is -1.10. The summed E-state index contributed by atoms with van der Waals surface area (Å²) >= 11 is 3.17. The van der Waals surface area contributed by atoms with E-state index in [9.17, 15) is 9.18 Å². The second-order valence-corrected chi connectivity index (χ2v) is 4.44. The zero-order valence-corrected chi connectivity index (χ0v) is 10.7. The number of carbonyl (C=O) groups is 1. The zero-order chi connectivity index (χ0) is 12.1.